The van der Waals surface area contributed by atoms with Gasteiger partial charge >= 0.3 is 0 Å². The maximum absolute atomic E-state index is 8.65. The SMILES string of the molecule is N#Cc1nn(Cc2ccccc2)nc1N. The molecule has 5 heteroatoms. The highest BCUT2D eigenvalue weighted by Crippen LogP contribution is 2.05. The van der Waals surface area contributed by atoms with Crippen molar-refractivity contribution in [2.75, 3.05) is 5.73 Å². The topological polar surface area (TPSA) is 80.5 Å². The number of rotatable bonds is 2. The van der Waals surface area contributed by atoms with Gasteiger partial charge in [0.25, 0.3) is 0 Å². The molecule has 2 N–H and O–H groups in total. The smallest absolute Gasteiger partial charge is 0.206 e. The first-order valence-electron chi connectivity index (χ1n) is 4.44. The van der Waals surface area contributed by atoms with Crippen LogP contribution in [0.5, 0.6) is 0 Å². The average Bonchev–Trinajstić information content (AvgIpc) is 2.60. The van der Waals surface area contributed by atoms with Crippen LogP contribution >= 0.6 is 0 Å². The largest absolute Gasteiger partial charge is 0.380 e. The van der Waals surface area contributed by atoms with E-state index in [1.165, 1.54) is 4.80 Å². The Hall–Kier alpha value is -2.35. The number of nitriles is 1. The Morgan fingerprint density at radius 3 is 2.60 bits per heavy atom. The van der Waals surface area contributed by atoms with Crippen molar-refractivity contribution in [3.05, 3.63) is 41.6 Å². The van der Waals surface area contributed by atoms with Gasteiger partial charge in [0.05, 0.1) is 6.54 Å². The number of hydrogen-bond donors (Lipinski definition) is 1. The second-order valence-electron chi connectivity index (χ2n) is 3.06. The lowest BCUT2D eigenvalue weighted by Gasteiger charge is -1.98. The lowest BCUT2D eigenvalue weighted by molar-refractivity contribution is 0.591. The Morgan fingerprint density at radius 2 is 2.00 bits per heavy atom. The molecule has 0 aliphatic carbocycles. The highest BCUT2D eigenvalue weighted by Gasteiger charge is 2.06. The monoisotopic (exact) mass is 199 g/mol. The zero-order valence-electron chi connectivity index (χ0n) is 7.96. The summed E-state index contributed by atoms with van der Waals surface area (Å²) in [7, 11) is 0. The Kier molecular flexibility index (Phi) is 2.33. The zero-order chi connectivity index (χ0) is 10.7. The number of nitrogen functional groups attached to an aromatic ring is 1. The van der Waals surface area contributed by atoms with E-state index < -0.39 is 0 Å². The van der Waals surface area contributed by atoms with Crippen molar-refractivity contribution in [3.8, 4) is 6.07 Å². The number of anilines is 1. The van der Waals surface area contributed by atoms with Gasteiger partial charge in [-0.15, -0.1) is 10.2 Å². The molecule has 15 heavy (non-hydrogen) atoms. The summed E-state index contributed by atoms with van der Waals surface area (Å²) in [4.78, 5) is 1.42. The van der Waals surface area contributed by atoms with Crippen LogP contribution < -0.4 is 5.73 Å². The van der Waals surface area contributed by atoms with E-state index in [1.54, 1.807) is 0 Å². The van der Waals surface area contributed by atoms with Crippen molar-refractivity contribution in [2.45, 2.75) is 6.54 Å². The minimum Gasteiger partial charge on any atom is -0.380 e. The molecule has 0 saturated heterocycles. The molecule has 0 saturated carbocycles. The van der Waals surface area contributed by atoms with Crippen LogP contribution in [0.4, 0.5) is 5.82 Å². The van der Waals surface area contributed by atoms with E-state index in [0.717, 1.165) is 5.56 Å². The molecule has 0 atom stereocenters. The fourth-order valence-electron chi connectivity index (χ4n) is 1.26. The van der Waals surface area contributed by atoms with Gasteiger partial charge in [0, 0.05) is 0 Å². The molecular weight excluding hydrogens is 190 g/mol. The molecule has 0 aliphatic rings. The Balaban J connectivity index is 2.23. The summed E-state index contributed by atoms with van der Waals surface area (Å²) < 4.78 is 0. The lowest BCUT2D eigenvalue weighted by atomic mass is 10.2. The van der Waals surface area contributed by atoms with E-state index in [9.17, 15) is 0 Å². The third-order valence-corrected chi connectivity index (χ3v) is 1.95. The molecule has 74 valence electrons. The normalized spacial score (nSPS) is 9.80. The van der Waals surface area contributed by atoms with E-state index in [4.69, 9.17) is 11.0 Å². The molecule has 0 unspecified atom stereocenters. The molecule has 5 nitrogen and oxygen atoms in total. The molecule has 1 aromatic heterocycles. The van der Waals surface area contributed by atoms with Crippen molar-refractivity contribution < 1.29 is 0 Å². The quantitative estimate of drug-likeness (QED) is 0.775. The molecule has 0 aliphatic heterocycles. The van der Waals surface area contributed by atoms with Gasteiger partial charge in [-0.2, -0.15) is 10.1 Å². The molecule has 0 radical (unpaired) electrons. The van der Waals surface area contributed by atoms with E-state index in [-0.39, 0.29) is 11.5 Å². The molecule has 2 aromatic rings. The number of aromatic nitrogens is 3. The molecular formula is C10H9N5. The second kappa shape index (κ2) is 3.80. The Morgan fingerprint density at radius 1 is 1.27 bits per heavy atom. The lowest BCUT2D eigenvalue weighted by Crippen LogP contribution is -2.03. The number of nitrogens with zero attached hydrogens (tertiary/aromatic N) is 4. The van der Waals surface area contributed by atoms with Gasteiger partial charge in [-0.25, -0.2) is 0 Å². The van der Waals surface area contributed by atoms with Crippen molar-refractivity contribution in [3.63, 3.8) is 0 Å². The highest BCUT2D eigenvalue weighted by atomic mass is 15.5. The molecule has 1 heterocycles. The van der Waals surface area contributed by atoms with Crippen LogP contribution in [0, 0.1) is 11.3 Å². The first-order chi connectivity index (χ1) is 7.29. The Bertz CT molecular complexity index is 494. The predicted molar refractivity (Wildman–Crippen MR) is 54.7 cm³/mol. The van der Waals surface area contributed by atoms with E-state index >= 15 is 0 Å². The summed E-state index contributed by atoms with van der Waals surface area (Å²) in [6.07, 6.45) is 0. The van der Waals surface area contributed by atoms with Crippen LogP contribution in [0.3, 0.4) is 0 Å². The van der Waals surface area contributed by atoms with Crippen molar-refractivity contribution in [1.29, 1.82) is 5.26 Å². The molecule has 0 spiro atoms. The minimum atomic E-state index is 0.172. The van der Waals surface area contributed by atoms with Gasteiger partial charge in [0.2, 0.25) is 5.69 Å². The maximum Gasteiger partial charge on any atom is 0.206 e. The molecule has 2 rings (SSSR count). The molecule has 1 aromatic carbocycles. The standard InChI is InChI=1S/C10H9N5/c11-6-9-10(12)14-15(13-9)7-8-4-2-1-3-5-8/h1-5H,7H2,(H2,12,14). The fourth-order valence-corrected chi connectivity index (χ4v) is 1.26. The summed E-state index contributed by atoms with van der Waals surface area (Å²) >= 11 is 0. The van der Waals surface area contributed by atoms with E-state index in [1.807, 2.05) is 36.4 Å². The second-order valence-corrected chi connectivity index (χ2v) is 3.06. The van der Waals surface area contributed by atoms with Crippen molar-refractivity contribution in [2.24, 2.45) is 0 Å². The number of benzene rings is 1. The molecule has 0 bridgehead atoms. The Labute approximate surface area is 86.7 Å². The summed E-state index contributed by atoms with van der Waals surface area (Å²) in [5.74, 6) is 0.174. The highest BCUT2D eigenvalue weighted by molar-refractivity contribution is 5.41. The van der Waals surface area contributed by atoms with Gasteiger partial charge in [-0.1, -0.05) is 30.3 Å². The van der Waals surface area contributed by atoms with E-state index in [0.29, 0.717) is 6.54 Å². The minimum absolute atomic E-state index is 0.172. The average molecular weight is 199 g/mol. The third kappa shape index (κ3) is 1.94. The number of hydrogen-bond acceptors (Lipinski definition) is 4. The van der Waals surface area contributed by atoms with Gasteiger partial charge in [0.1, 0.15) is 6.07 Å². The van der Waals surface area contributed by atoms with Crippen LogP contribution in [0.25, 0.3) is 0 Å². The molecule has 0 amide bonds. The van der Waals surface area contributed by atoms with Crippen LogP contribution in [0.15, 0.2) is 30.3 Å². The molecule has 0 fully saturated rings. The van der Waals surface area contributed by atoms with Gasteiger partial charge < -0.3 is 5.73 Å². The first kappa shape index (κ1) is 9.21. The van der Waals surface area contributed by atoms with Crippen molar-refractivity contribution in [1.82, 2.24) is 15.0 Å². The van der Waals surface area contributed by atoms with Gasteiger partial charge in [-0.05, 0) is 5.56 Å². The van der Waals surface area contributed by atoms with Crippen molar-refractivity contribution >= 4 is 5.82 Å². The van der Waals surface area contributed by atoms with Crippen LogP contribution in [-0.2, 0) is 6.54 Å². The van der Waals surface area contributed by atoms with Crippen LogP contribution in [0.2, 0.25) is 0 Å². The summed E-state index contributed by atoms with van der Waals surface area (Å²) in [6.45, 7) is 0.521. The summed E-state index contributed by atoms with van der Waals surface area (Å²) in [6, 6.07) is 11.6. The fraction of sp³-hybridized carbons (Fsp3) is 0.100. The van der Waals surface area contributed by atoms with Gasteiger partial charge in [-0.3, -0.25) is 0 Å². The summed E-state index contributed by atoms with van der Waals surface area (Å²) in [5.41, 5.74) is 6.73. The third-order valence-electron chi connectivity index (χ3n) is 1.95. The van der Waals surface area contributed by atoms with E-state index in [2.05, 4.69) is 10.2 Å². The first-order valence-corrected chi connectivity index (χ1v) is 4.44. The maximum atomic E-state index is 8.65. The predicted octanol–water partition coefficient (Wildman–Crippen LogP) is 0.780. The van der Waals surface area contributed by atoms with Crippen LogP contribution in [-0.4, -0.2) is 15.0 Å². The van der Waals surface area contributed by atoms with Crippen LogP contribution in [0.1, 0.15) is 11.3 Å². The number of nitrogens with two attached hydrogens (primary N) is 1. The zero-order valence-corrected chi connectivity index (χ0v) is 7.96. The summed E-state index contributed by atoms with van der Waals surface area (Å²) in [5, 5.41) is 16.5. The van der Waals surface area contributed by atoms with Gasteiger partial charge in [0.15, 0.2) is 5.82 Å².